The lowest BCUT2D eigenvalue weighted by Gasteiger charge is -2.20. The largest absolute Gasteiger partial charge is 0.344 e. The minimum Gasteiger partial charge on any atom is -0.344 e. The number of rotatable bonds is 0. The molecular weight excluding hydrogens is 196 g/mol. The smallest absolute Gasteiger partial charge is 0.0518 e. The summed E-state index contributed by atoms with van der Waals surface area (Å²) in [6.45, 7) is 1.16. The molecule has 1 aromatic heterocycles. The maximum Gasteiger partial charge on any atom is 0.0518 e. The van der Waals surface area contributed by atoms with Crippen LogP contribution in [0.5, 0.6) is 0 Å². The molecule has 2 N–H and O–H groups in total. The SMILES string of the molecule is NC1CCc2c(n3c4c(cccc24)CC3)C1. The second kappa shape index (κ2) is 2.89. The fourth-order valence-electron chi connectivity index (χ4n) is 3.48. The summed E-state index contributed by atoms with van der Waals surface area (Å²) in [4.78, 5) is 0. The Bertz CT molecular complexity index is 580. The van der Waals surface area contributed by atoms with Gasteiger partial charge in [0.05, 0.1) is 5.52 Å². The molecule has 1 atom stereocenters. The van der Waals surface area contributed by atoms with Gasteiger partial charge in [0.1, 0.15) is 0 Å². The average Bonchev–Trinajstić information content (AvgIpc) is 2.84. The first-order chi connectivity index (χ1) is 7.84. The molecule has 2 aliphatic rings. The zero-order valence-corrected chi connectivity index (χ0v) is 9.37. The highest BCUT2D eigenvalue weighted by molar-refractivity contribution is 5.89. The molecule has 1 aromatic carbocycles. The third-order valence-corrected chi connectivity index (χ3v) is 4.21. The summed E-state index contributed by atoms with van der Waals surface area (Å²) in [6.07, 6.45) is 4.60. The van der Waals surface area contributed by atoms with Crippen molar-refractivity contribution in [3.05, 3.63) is 35.0 Å². The van der Waals surface area contributed by atoms with Crippen LogP contribution in [-0.2, 0) is 25.8 Å². The number of hydrogen-bond donors (Lipinski definition) is 1. The molecule has 16 heavy (non-hydrogen) atoms. The summed E-state index contributed by atoms with van der Waals surface area (Å²) in [5, 5.41) is 1.50. The molecule has 0 saturated heterocycles. The highest BCUT2D eigenvalue weighted by atomic mass is 15.0. The van der Waals surface area contributed by atoms with Gasteiger partial charge in [-0.3, -0.25) is 0 Å². The predicted octanol–water partition coefficient (Wildman–Crippen LogP) is 2.01. The van der Waals surface area contributed by atoms with E-state index in [-0.39, 0.29) is 0 Å². The Morgan fingerprint density at radius 2 is 2.19 bits per heavy atom. The van der Waals surface area contributed by atoms with Crippen LogP contribution in [-0.4, -0.2) is 10.6 Å². The molecule has 0 amide bonds. The number of nitrogens with zero attached hydrogens (tertiary/aromatic N) is 1. The van der Waals surface area contributed by atoms with E-state index in [0.29, 0.717) is 6.04 Å². The number of aryl methyl sites for hydroxylation is 3. The third-order valence-electron chi connectivity index (χ3n) is 4.21. The first kappa shape index (κ1) is 8.82. The number of para-hydroxylation sites is 1. The lowest BCUT2D eigenvalue weighted by atomic mass is 9.91. The van der Waals surface area contributed by atoms with E-state index in [9.17, 15) is 0 Å². The molecule has 1 unspecified atom stereocenters. The Labute approximate surface area is 95.1 Å². The first-order valence-corrected chi connectivity index (χ1v) is 6.22. The first-order valence-electron chi connectivity index (χ1n) is 6.22. The molecule has 0 spiro atoms. The van der Waals surface area contributed by atoms with E-state index in [1.165, 1.54) is 35.0 Å². The second-order valence-electron chi connectivity index (χ2n) is 5.14. The van der Waals surface area contributed by atoms with Crippen molar-refractivity contribution >= 4 is 10.9 Å². The van der Waals surface area contributed by atoms with Crippen molar-refractivity contribution in [2.75, 3.05) is 0 Å². The molecular formula is C14H16N2. The van der Waals surface area contributed by atoms with E-state index in [4.69, 9.17) is 5.73 Å². The molecule has 0 fully saturated rings. The van der Waals surface area contributed by atoms with Crippen LogP contribution < -0.4 is 5.73 Å². The van der Waals surface area contributed by atoms with Crippen LogP contribution in [0.4, 0.5) is 0 Å². The maximum atomic E-state index is 6.10. The Hall–Kier alpha value is -1.28. The Morgan fingerprint density at radius 3 is 3.12 bits per heavy atom. The van der Waals surface area contributed by atoms with Gasteiger partial charge in [-0.05, 0) is 30.4 Å². The molecule has 1 aliphatic heterocycles. The van der Waals surface area contributed by atoms with Crippen molar-refractivity contribution in [2.24, 2.45) is 5.73 Å². The van der Waals surface area contributed by atoms with E-state index >= 15 is 0 Å². The van der Waals surface area contributed by atoms with Gasteiger partial charge in [-0.25, -0.2) is 0 Å². The maximum absolute atomic E-state index is 6.10. The fraction of sp³-hybridized carbons (Fsp3) is 0.429. The summed E-state index contributed by atoms with van der Waals surface area (Å²) >= 11 is 0. The van der Waals surface area contributed by atoms with Gasteiger partial charge in [0.15, 0.2) is 0 Å². The predicted molar refractivity (Wildman–Crippen MR) is 65.6 cm³/mol. The zero-order chi connectivity index (χ0) is 10.7. The van der Waals surface area contributed by atoms with Gasteiger partial charge in [0.2, 0.25) is 0 Å². The summed E-state index contributed by atoms with van der Waals surface area (Å²) in [6, 6.07) is 7.15. The van der Waals surface area contributed by atoms with Gasteiger partial charge in [-0.1, -0.05) is 18.2 Å². The average molecular weight is 212 g/mol. The van der Waals surface area contributed by atoms with Crippen molar-refractivity contribution in [1.82, 2.24) is 4.57 Å². The monoisotopic (exact) mass is 212 g/mol. The van der Waals surface area contributed by atoms with E-state index in [0.717, 1.165) is 19.4 Å². The Balaban J connectivity index is 2.10. The van der Waals surface area contributed by atoms with Crippen LogP contribution in [0.3, 0.4) is 0 Å². The molecule has 0 bridgehead atoms. The van der Waals surface area contributed by atoms with Crippen molar-refractivity contribution in [3.8, 4) is 0 Å². The molecule has 1 aliphatic carbocycles. The normalized spacial score (nSPS) is 22.7. The van der Waals surface area contributed by atoms with E-state index in [2.05, 4.69) is 22.8 Å². The summed E-state index contributed by atoms with van der Waals surface area (Å²) in [7, 11) is 0. The third kappa shape index (κ3) is 0.957. The minimum absolute atomic E-state index is 0.372. The molecule has 2 nitrogen and oxygen atoms in total. The van der Waals surface area contributed by atoms with Crippen molar-refractivity contribution in [3.63, 3.8) is 0 Å². The summed E-state index contributed by atoms with van der Waals surface area (Å²) < 4.78 is 2.53. The number of fused-ring (bicyclic) bond motifs is 3. The number of benzene rings is 1. The van der Waals surface area contributed by atoms with Gasteiger partial charge in [0.25, 0.3) is 0 Å². The van der Waals surface area contributed by atoms with Gasteiger partial charge >= 0.3 is 0 Å². The van der Waals surface area contributed by atoms with Gasteiger partial charge in [-0.2, -0.15) is 0 Å². The molecule has 2 heterocycles. The minimum atomic E-state index is 0.372. The summed E-state index contributed by atoms with van der Waals surface area (Å²) in [5.41, 5.74) is 12.2. The van der Waals surface area contributed by atoms with Crippen LogP contribution in [0.25, 0.3) is 10.9 Å². The number of hydrogen-bond acceptors (Lipinski definition) is 1. The van der Waals surface area contributed by atoms with Crippen LogP contribution in [0.15, 0.2) is 18.2 Å². The molecule has 0 saturated carbocycles. The van der Waals surface area contributed by atoms with Gasteiger partial charge < -0.3 is 10.3 Å². The van der Waals surface area contributed by atoms with Gasteiger partial charge in [-0.15, -0.1) is 0 Å². The van der Waals surface area contributed by atoms with E-state index in [1.54, 1.807) is 5.56 Å². The van der Waals surface area contributed by atoms with Gasteiger partial charge in [0, 0.05) is 30.1 Å². The topological polar surface area (TPSA) is 30.9 Å². The molecule has 2 aromatic rings. The quantitative estimate of drug-likeness (QED) is 0.711. The molecule has 82 valence electrons. The lowest BCUT2D eigenvalue weighted by molar-refractivity contribution is 0.547. The number of aromatic nitrogens is 1. The molecule has 2 heteroatoms. The van der Waals surface area contributed by atoms with Crippen LogP contribution in [0.2, 0.25) is 0 Å². The highest BCUT2D eigenvalue weighted by Crippen LogP contribution is 2.36. The Morgan fingerprint density at radius 1 is 1.25 bits per heavy atom. The molecule has 0 radical (unpaired) electrons. The van der Waals surface area contributed by atoms with E-state index in [1.807, 2.05) is 0 Å². The molecule has 4 rings (SSSR count). The highest BCUT2D eigenvalue weighted by Gasteiger charge is 2.26. The fourth-order valence-corrected chi connectivity index (χ4v) is 3.48. The van der Waals surface area contributed by atoms with Crippen LogP contribution in [0, 0.1) is 0 Å². The van der Waals surface area contributed by atoms with Crippen molar-refractivity contribution in [2.45, 2.75) is 38.3 Å². The zero-order valence-electron chi connectivity index (χ0n) is 9.37. The van der Waals surface area contributed by atoms with Crippen molar-refractivity contribution in [1.29, 1.82) is 0 Å². The standard InChI is InChI=1S/C14H16N2/c15-10-4-5-11-12-3-1-2-9-6-7-16(14(9)12)13(11)8-10/h1-3,10H,4-8,15H2. The lowest BCUT2D eigenvalue weighted by Crippen LogP contribution is -2.28. The van der Waals surface area contributed by atoms with Crippen LogP contribution >= 0.6 is 0 Å². The summed E-state index contributed by atoms with van der Waals surface area (Å²) in [5.74, 6) is 0. The Kier molecular flexibility index (Phi) is 1.59. The second-order valence-corrected chi connectivity index (χ2v) is 5.14. The van der Waals surface area contributed by atoms with E-state index < -0.39 is 0 Å². The number of nitrogens with two attached hydrogens (primary N) is 1. The van der Waals surface area contributed by atoms with Crippen molar-refractivity contribution < 1.29 is 0 Å². The van der Waals surface area contributed by atoms with Crippen LogP contribution in [0.1, 0.15) is 23.2 Å².